The lowest BCUT2D eigenvalue weighted by Crippen LogP contribution is -2.05. The number of aromatic nitrogens is 2. The molecule has 0 amide bonds. The monoisotopic (exact) mass is 333 g/mol. The van der Waals surface area contributed by atoms with Crippen molar-refractivity contribution in [3.8, 4) is 17.5 Å². The van der Waals surface area contributed by atoms with Gasteiger partial charge in [0, 0.05) is 5.56 Å². The van der Waals surface area contributed by atoms with Gasteiger partial charge in [-0.2, -0.15) is 10.2 Å². The summed E-state index contributed by atoms with van der Waals surface area (Å²) in [5, 5.41) is 12.8. The van der Waals surface area contributed by atoms with Crippen LogP contribution in [0.25, 0.3) is 11.4 Å². The molecular weight excluding hydrogens is 318 g/mol. The smallest absolute Gasteiger partial charge is 0.338 e. The molecule has 3 aromatic rings. The summed E-state index contributed by atoms with van der Waals surface area (Å²) in [6.07, 6.45) is 0.959. The van der Waals surface area contributed by atoms with Gasteiger partial charge < -0.3 is 9.26 Å². The van der Waals surface area contributed by atoms with Crippen LogP contribution in [0.4, 0.5) is 0 Å². The van der Waals surface area contributed by atoms with Crippen molar-refractivity contribution in [2.45, 2.75) is 20.0 Å². The third kappa shape index (κ3) is 3.90. The Hall–Kier alpha value is -3.46. The van der Waals surface area contributed by atoms with E-state index in [9.17, 15) is 4.79 Å². The van der Waals surface area contributed by atoms with Gasteiger partial charge in [0.2, 0.25) is 5.82 Å². The summed E-state index contributed by atoms with van der Waals surface area (Å²) in [6, 6.07) is 16.1. The molecule has 1 aromatic heterocycles. The van der Waals surface area contributed by atoms with Gasteiger partial charge in [-0.15, -0.1) is 0 Å². The number of hydrogen-bond acceptors (Lipinski definition) is 6. The topological polar surface area (TPSA) is 89.0 Å². The molecule has 6 heteroatoms. The fourth-order valence-electron chi connectivity index (χ4n) is 2.25. The molecule has 3 rings (SSSR count). The fraction of sp³-hybridized carbons (Fsp3) is 0.158. The maximum Gasteiger partial charge on any atom is 0.338 e. The number of rotatable bonds is 5. The number of carbonyl (C=O) groups is 1. The number of esters is 1. The van der Waals surface area contributed by atoms with Gasteiger partial charge in [-0.3, -0.25) is 0 Å². The van der Waals surface area contributed by atoms with Crippen LogP contribution in [-0.4, -0.2) is 16.1 Å². The quantitative estimate of drug-likeness (QED) is 0.664. The van der Waals surface area contributed by atoms with E-state index in [1.165, 1.54) is 11.6 Å². The molecule has 25 heavy (non-hydrogen) atoms. The summed E-state index contributed by atoms with van der Waals surface area (Å²) in [5.41, 5.74) is 2.75. The van der Waals surface area contributed by atoms with Gasteiger partial charge in [0.1, 0.15) is 0 Å². The van der Waals surface area contributed by atoms with E-state index >= 15 is 0 Å². The van der Waals surface area contributed by atoms with Gasteiger partial charge in [0.05, 0.1) is 17.2 Å². The van der Waals surface area contributed by atoms with E-state index < -0.39 is 5.97 Å². The summed E-state index contributed by atoms with van der Waals surface area (Å²) in [5.74, 6) is 0.101. The molecule has 0 aliphatic carbocycles. The Labute approximate surface area is 144 Å². The highest BCUT2D eigenvalue weighted by Gasteiger charge is 2.13. The second kappa shape index (κ2) is 7.41. The minimum Gasteiger partial charge on any atom is -0.452 e. The van der Waals surface area contributed by atoms with Crippen molar-refractivity contribution >= 4 is 5.97 Å². The number of nitriles is 1. The zero-order valence-corrected chi connectivity index (χ0v) is 13.6. The number of hydrogen-bond donors (Lipinski definition) is 0. The lowest BCUT2D eigenvalue weighted by molar-refractivity contribution is 0.0430. The average molecular weight is 333 g/mol. The maximum absolute atomic E-state index is 12.0. The molecule has 0 saturated heterocycles. The van der Waals surface area contributed by atoms with Crippen LogP contribution in [0.3, 0.4) is 0 Å². The molecule has 0 N–H and O–H groups in total. The van der Waals surface area contributed by atoms with Crippen LogP contribution >= 0.6 is 0 Å². The molecule has 1 heterocycles. The highest BCUT2D eigenvalue weighted by molar-refractivity contribution is 5.89. The van der Waals surface area contributed by atoms with E-state index in [0.29, 0.717) is 17.0 Å². The van der Waals surface area contributed by atoms with Crippen LogP contribution in [0.5, 0.6) is 0 Å². The molecule has 0 aliphatic rings. The number of carbonyl (C=O) groups excluding carboxylic acids is 1. The third-order valence-electron chi connectivity index (χ3n) is 3.64. The first-order valence-corrected chi connectivity index (χ1v) is 7.78. The number of aryl methyl sites for hydroxylation is 1. The first-order valence-electron chi connectivity index (χ1n) is 7.78. The molecular formula is C19H15N3O3. The Morgan fingerprint density at radius 1 is 1.24 bits per heavy atom. The second-order valence-electron chi connectivity index (χ2n) is 5.33. The van der Waals surface area contributed by atoms with Crippen LogP contribution in [0.15, 0.2) is 53.1 Å². The van der Waals surface area contributed by atoms with E-state index in [0.717, 1.165) is 12.0 Å². The zero-order valence-electron chi connectivity index (χ0n) is 13.6. The third-order valence-corrected chi connectivity index (χ3v) is 3.64. The summed E-state index contributed by atoms with van der Waals surface area (Å²) in [4.78, 5) is 16.2. The Bertz CT molecular complexity index is 924. The molecule has 0 radical (unpaired) electrons. The first-order chi connectivity index (χ1) is 12.2. The molecule has 0 atom stereocenters. The van der Waals surface area contributed by atoms with Crippen LogP contribution in [0.2, 0.25) is 0 Å². The molecule has 0 saturated carbocycles. The number of benzene rings is 2. The number of ether oxygens (including phenoxy) is 1. The summed E-state index contributed by atoms with van der Waals surface area (Å²) in [6.45, 7) is 1.96. The molecule has 0 fully saturated rings. The van der Waals surface area contributed by atoms with Crippen LogP contribution in [-0.2, 0) is 17.8 Å². The minimum absolute atomic E-state index is 0.129. The standard InChI is InChI=1S/C19H15N3O3/c1-2-13-6-8-15(9-7-13)18-21-17(25-22-18)12-24-19(23)16-5-3-4-14(10-16)11-20/h3-10H,2,12H2,1H3. The van der Waals surface area contributed by atoms with Gasteiger partial charge in [-0.05, 0) is 30.2 Å². The molecule has 0 spiro atoms. The van der Waals surface area contributed by atoms with Crippen LogP contribution in [0, 0.1) is 11.3 Å². The van der Waals surface area contributed by atoms with E-state index in [2.05, 4.69) is 17.1 Å². The molecule has 0 unspecified atom stereocenters. The van der Waals surface area contributed by atoms with Crippen molar-refractivity contribution in [3.05, 3.63) is 71.1 Å². The first kappa shape index (κ1) is 16.4. The van der Waals surface area contributed by atoms with Crippen molar-refractivity contribution in [2.24, 2.45) is 0 Å². The van der Waals surface area contributed by atoms with Gasteiger partial charge in [-0.1, -0.05) is 42.4 Å². The molecule has 6 nitrogen and oxygen atoms in total. The zero-order chi connectivity index (χ0) is 17.6. The largest absolute Gasteiger partial charge is 0.452 e. The number of nitrogens with zero attached hydrogens (tertiary/aromatic N) is 3. The normalized spacial score (nSPS) is 10.2. The van der Waals surface area contributed by atoms with Crippen molar-refractivity contribution in [1.82, 2.24) is 10.1 Å². The lowest BCUT2D eigenvalue weighted by Gasteiger charge is -2.01. The Balaban J connectivity index is 1.65. The van der Waals surface area contributed by atoms with Gasteiger partial charge >= 0.3 is 5.97 Å². The highest BCUT2D eigenvalue weighted by Crippen LogP contribution is 2.17. The summed E-state index contributed by atoms with van der Waals surface area (Å²) in [7, 11) is 0. The molecule has 2 aromatic carbocycles. The van der Waals surface area contributed by atoms with E-state index in [1.807, 2.05) is 30.3 Å². The highest BCUT2D eigenvalue weighted by atomic mass is 16.6. The van der Waals surface area contributed by atoms with E-state index in [4.69, 9.17) is 14.5 Å². The maximum atomic E-state index is 12.0. The Morgan fingerprint density at radius 3 is 2.76 bits per heavy atom. The predicted octanol–water partition coefficient (Wildman–Crippen LogP) is 3.53. The van der Waals surface area contributed by atoms with Crippen LogP contribution in [0.1, 0.15) is 34.3 Å². The molecule has 124 valence electrons. The lowest BCUT2D eigenvalue weighted by atomic mass is 10.1. The van der Waals surface area contributed by atoms with Crippen molar-refractivity contribution in [2.75, 3.05) is 0 Å². The van der Waals surface area contributed by atoms with Gasteiger partial charge in [0.25, 0.3) is 5.89 Å². The SMILES string of the molecule is CCc1ccc(-c2noc(COC(=O)c3cccc(C#N)c3)n2)cc1. The summed E-state index contributed by atoms with van der Waals surface area (Å²) >= 11 is 0. The van der Waals surface area contributed by atoms with Gasteiger partial charge in [-0.25, -0.2) is 4.79 Å². The Kier molecular flexibility index (Phi) is 4.86. The minimum atomic E-state index is -0.552. The van der Waals surface area contributed by atoms with E-state index in [1.54, 1.807) is 18.2 Å². The molecule has 0 aliphatic heterocycles. The fourth-order valence-corrected chi connectivity index (χ4v) is 2.25. The van der Waals surface area contributed by atoms with E-state index in [-0.39, 0.29) is 12.5 Å². The average Bonchev–Trinajstić information content (AvgIpc) is 3.15. The second-order valence-corrected chi connectivity index (χ2v) is 5.33. The van der Waals surface area contributed by atoms with Crippen molar-refractivity contribution < 1.29 is 14.1 Å². The van der Waals surface area contributed by atoms with Crippen molar-refractivity contribution in [3.63, 3.8) is 0 Å². The predicted molar refractivity (Wildman–Crippen MR) is 89.4 cm³/mol. The Morgan fingerprint density at radius 2 is 2.04 bits per heavy atom. The van der Waals surface area contributed by atoms with Gasteiger partial charge in [0.15, 0.2) is 6.61 Å². The summed E-state index contributed by atoms with van der Waals surface area (Å²) < 4.78 is 10.3. The van der Waals surface area contributed by atoms with Crippen molar-refractivity contribution in [1.29, 1.82) is 5.26 Å². The van der Waals surface area contributed by atoms with Crippen LogP contribution < -0.4 is 0 Å². The molecule has 0 bridgehead atoms.